The Balaban J connectivity index is 1.87. The molecule has 2 rings (SSSR count). The van der Waals surface area contributed by atoms with Crippen molar-refractivity contribution in [2.75, 3.05) is 18.4 Å². The summed E-state index contributed by atoms with van der Waals surface area (Å²) in [6, 6.07) is 5.32. The molecule has 0 unspecified atom stereocenters. The van der Waals surface area contributed by atoms with Gasteiger partial charge in [0.1, 0.15) is 0 Å². The summed E-state index contributed by atoms with van der Waals surface area (Å²) in [4.78, 5) is 20.1. The lowest BCUT2D eigenvalue weighted by atomic mass is 10.1. The van der Waals surface area contributed by atoms with E-state index in [1.165, 1.54) is 12.4 Å². The van der Waals surface area contributed by atoms with Crippen LogP contribution in [0.4, 0.5) is 5.95 Å². The second-order valence-corrected chi connectivity index (χ2v) is 5.41. The summed E-state index contributed by atoms with van der Waals surface area (Å²) < 4.78 is 0. The number of carbonyl (C=O) groups is 1. The number of aromatic nitrogens is 2. The van der Waals surface area contributed by atoms with Crippen LogP contribution in [0.2, 0.25) is 10.0 Å². The lowest BCUT2D eigenvalue weighted by Gasteiger charge is -2.07. The first kappa shape index (κ1) is 16.5. The highest BCUT2D eigenvalue weighted by Crippen LogP contribution is 2.21. The predicted octanol–water partition coefficient (Wildman–Crippen LogP) is 3.19. The minimum atomic E-state index is -0.215. The number of carbonyl (C=O) groups excluding carboxylic acids is 1. The highest BCUT2D eigenvalue weighted by molar-refractivity contribution is 6.35. The summed E-state index contributed by atoms with van der Waals surface area (Å²) in [6.07, 6.45) is 3.61. The molecule has 1 aromatic carbocycles. The highest BCUT2D eigenvalue weighted by Gasteiger charge is 2.07. The fraction of sp³-hybridized carbons (Fsp3) is 0.267. The van der Waals surface area contributed by atoms with Crippen molar-refractivity contribution in [3.63, 3.8) is 0 Å². The van der Waals surface area contributed by atoms with Crippen molar-refractivity contribution in [1.29, 1.82) is 0 Å². The van der Waals surface area contributed by atoms with Gasteiger partial charge in [0.15, 0.2) is 0 Å². The zero-order valence-electron chi connectivity index (χ0n) is 12.1. The molecule has 116 valence electrons. The number of nitrogens with one attached hydrogen (secondary N) is 2. The molecule has 0 aliphatic heterocycles. The van der Waals surface area contributed by atoms with Gasteiger partial charge in [0.25, 0.3) is 5.91 Å². The Labute approximate surface area is 139 Å². The fourth-order valence-corrected chi connectivity index (χ4v) is 2.33. The van der Waals surface area contributed by atoms with Crippen molar-refractivity contribution in [3.05, 3.63) is 51.8 Å². The zero-order chi connectivity index (χ0) is 15.9. The van der Waals surface area contributed by atoms with Gasteiger partial charge in [-0.1, -0.05) is 29.3 Å². The van der Waals surface area contributed by atoms with E-state index in [2.05, 4.69) is 20.6 Å². The lowest BCUT2D eigenvalue weighted by Crippen LogP contribution is -2.26. The van der Waals surface area contributed by atoms with E-state index in [-0.39, 0.29) is 5.91 Å². The molecule has 5 nitrogen and oxygen atoms in total. The van der Waals surface area contributed by atoms with Crippen LogP contribution in [0.15, 0.2) is 30.6 Å². The summed E-state index contributed by atoms with van der Waals surface area (Å²) in [5.41, 5.74) is 1.36. The first-order valence-electron chi connectivity index (χ1n) is 6.88. The van der Waals surface area contributed by atoms with Crippen molar-refractivity contribution in [2.45, 2.75) is 13.3 Å². The molecule has 0 aliphatic carbocycles. The van der Waals surface area contributed by atoms with Gasteiger partial charge >= 0.3 is 0 Å². The third-order valence-corrected chi connectivity index (χ3v) is 3.53. The van der Waals surface area contributed by atoms with Crippen LogP contribution >= 0.6 is 23.2 Å². The van der Waals surface area contributed by atoms with Gasteiger partial charge < -0.3 is 10.6 Å². The van der Waals surface area contributed by atoms with Crippen LogP contribution in [0.5, 0.6) is 0 Å². The monoisotopic (exact) mass is 338 g/mol. The van der Waals surface area contributed by atoms with E-state index < -0.39 is 0 Å². The van der Waals surface area contributed by atoms with E-state index in [9.17, 15) is 4.79 Å². The van der Waals surface area contributed by atoms with Crippen LogP contribution < -0.4 is 10.6 Å². The number of rotatable bonds is 6. The summed E-state index contributed by atoms with van der Waals surface area (Å²) >= 11 is 11.9. The summed E-state index contributed by atoms with van der Waals surface area (Å²) in [7, 11) is 0. The zero-order valence-corrected chi connectivity index (χ0v) is 13.6. The third-order valence-electron chi connectivity index (χ3n) is 2.94. The molecule has 1 heterocycles. The first-order valence-corrected chi connectivity index (χ1v) is 7.63. The standard InChI is InChI=1S/C15H16Cl2N4O/c1-2-18-15-20-8-11(9-21-15)14(22)19-6-5-10-3-4-12(16)7-13(10)17/h3-4,7-9H,2,5-6H2,1H3,(H,19,22)(H,18,20,21). The maximum atomic E-state index is 12.0. The summed E-state index contributed by atoms with van der Waals surface area (Å²) in [5.74, 6) is 0.292. The average Bonchev–Trinajstić information content (AvgIpc) is 2.50. The van der Waals surface area contributed by atoms with E-state index in [1.807, 2.05) is 13.0 Å². The molecule has 0 fully saturated rings. The second-order valence-electron chi connectivity index (χ2n) is 4.57. The SMILES string of the molecule is CCNc1ncc(C(=O)NCCc2ccc(Cl)cc2Cl)cn1. The molecule has 0 bridgehead atoms. The number of hydrogen-bond acceptors (Lipinski definition) is 4. The molecule has 0 saturated heterocycles. The van der Waals surface area contributed by atoms with Gasteiger partial charge in [0.05, 0.1) is 5.56 Å². The minimum Gasteiger partial charge on any atom is -0.355 e. The number of halogens is 2. The van der Waals surface area contributed by atoms with Crippen molar-refractivity contribution in [2.24, 2.45) is 0 Å². The van der Waals surface area contributed by atoms with Crippen molar-refractivity contribution in [3.8, 4) is 0 Å². The molecule has 1 aromatic heterocycles. The first-order chi connectivity index (χ1) is 10.6. The van der Waals surface area contributed by atoms with Crippen molar-refractivity contribution >= 4 is 35.1 Å². The van der Waals surface area contributed by atoms with Crippen LogP contribution in [0.25, 0.3) is 0 Å². The van der Waals surface area contributed by atoms with Gasteiger partial charge in [0, 0.05) is 35.5 Å². The van der Waals surface area contributed by atoms with Crippen LogP contribution in [-0.2, 0) is 6.42 Å². The van der Waals surface area contributed by atoms with Gasteiger partial charge in [-0.05, 0) is 31.0 Å². The van der Waals surface area contributed by atoms with Crippen molar-refractivity contribution < 1.29 is 4.79 Å². The normalized spacial score (nSPS) is 10.3. The van der Waals surface area contributed by atoms with Gasteiger partial charge in [0.2, 0.25) is 5.95 Å². The molecular formula is C15H16Cl2N4O. The summed E-state index contributed by atoms with van der Waals surface area (Å²) in [6.45, 7) is 3.15. The van der Waals surface area contributed by atoms with Gasteiger partial charge in [-0.15, -0.1) is 0 Å². The third kappa shape index (κ3) is 4.58. The topological polar surface area (TPSA) is 66.9 Å². The quantitative estimate of drug-likeness (QED) is 0.848. The smallest absolute Gasteiger partial charge is 0.254 e. The molecule has 0 atom stereocenters. The lowest BCUT2D eigenvalue weighted by molar-refractivity contribution is 0.0953. The number of amides is 1. The van der Waals surface area contributed by atoms with E-state index >= 15 is 0 Å². The van der Waals surface area contributed by atoms with Crippen molar-refractivity contribution in [1.82, 2.24) is 15.3 Å². The maximum absolute atomic E-state index is 12.0. The molecule has 1 amide bonds. The number of benzene rings is 1. The molecule has 0 saturated carbocycles. The largest absolute Gasteiger partial charge is 0.355 e. The Morgan fingerprint density at radius 1 is 1.23 bits per heavy atom. The molecular weight excluding hydrogens is 323 g/mol. The molecule has 2 N–H and O–H groups in total. The Bertz CT molecular complexity index is 646. The fourth-order valence-electron chi connectivity index (χ4n) is 1.83. The molecule has 0 aliphatic rings. The van der Waals surface area contributed by atoms with Crippen LogP contribution in [0, 0.1) is 0 Å². The predicted molar refractivity (Wildman–Crippen MR) is 88.7 cm³/mol. The maximum Gasteiger partial charge on any atom is 0.254 e. The minimum absolute atomic E-state index is 0.215. The Morgan fingerprint density at radius 3 is 2.59 bits per heavy atom. The summed E-state index contributed by atoms with van der Waals surface area (Å²) in [5, 5.41) is 6.97. The Morgan fingerprint density at radius 2 is 1.95 bits per heavy atom. The van der Waals surface area contributed by atoms with E-state index in [4.69, 9.17) is 23.2 Å². The molecule has 0 spiro atoms. The van der Waals surface area contributed by atoms with E-state index in [1.54, 1.807) is 12.1 Å². The highest BCUT2D eigenvalue weighted by atomic mass is 35.5. The van der Waals surface area contributed by atoms with Gasteiger partial charge in [-0.3, -0.25) is 4.79 Å². The molecule has 2 aromatic rings. The van der Waals surface area contributed by atoms with Crippen LogP contribution in [0.1, 0.15) is 22.8 Å². The van der Waals surface area contributed by atoms with Gasteiger partial charge in [-0.25, -0.2) is 9.97 Å². The molecule has 0 radical (unpaired) electrons. The van der Waals surface area contributed by atoms with E-state index in [0.29, 0.717) is 34.5 Å². The number of nitrogens with zero attached hydrogens (tertiary/aromatic N) is 2. The molecule has 22 heavy (non-hydrogen) atoms. The second kappa shape index (κ2) is 7.96. The van der Waals surface area contributed by atoms with Crippen LogP contribution in [0.3, 0.4) is 0 Å². The van der Waals surface area contributed by atoms with E-state index in [0.717, 1.165) is 12.1 Å². The number of hydrogen-bond donors (Lipinski definition) is 2. The number of anilines is 1. The molecule has 7 heteroatoms. The average molecular weight is 339 g/mol. The van der Waals surface area contributed by atoms with Gasteiger partial charge in [-0.2, -0.15) is 0 Å². The Hall–Kier alpha value is -1.85. The van der Waals surface area contributed by atoms with Crippen LogP contribution in [-0.4, -0.2) is 29.0 Å². The Kier molecular flexibility index (Phi) is 5.98.